The van der Waals surface area contributed by atoms with E-state index in [1.54, 1.807) is 12.1 Å². The first-order chi connectivity index (χ1) is 10.6. The van der Waals surface area contributed by atoms with Gasteiger partial charge in [-0.15, -0.1) is 0 Å². The largest absolute Gasteiger partial charge is 0.454 e. The predicted octanol–water partition coefficient (Wildman–Crippen LogP) is 3.52. The van der Waals surface area contributed by atoms with E-state index in [9.17, 15) is 9.59 Å². The number of ketones is 1. The van der Waals surface area contributed by atoms with Crippen LogP contribution in [0.4, 0.5) is 0 Å². The number of ether oxygens (including phenoxy) is 1. The van der Waals surface area contributed by atoms with Gasteiger partial charge in [0.25, 0.3) is 0 Å². The number of esters is 1. The maximum atomic E-state index is 12.2. The topological polar surface area (TPSA) is 43.4 Å². The Labute approximate surface area is 129 Å². The summed E-state index contributed by atoms with van der Waals surface area (Å²) >= 11 is 0. The smallest absolute Gasteiger partial charge is 0.338 e. The zero-order valence-electron chi connectivity index (χ0n) is 12.6. The minimum atomic E-state index is -0.463. The number of hydrogen-bond donors (Lipinski definition) is 0. The van der Waals surface area contributed by atoms with Crippen molar-refractivity contribution in [3.8, 4) is 0 Å². The van der Waals surface area contributed by atoms with Crippen molar-refractivity contribution in [2.24, 2.45) is 0 Å². The molecule has 3 rings (SSSR count). The third kappa shape index (κ3) is 3.08. The maximum absolute atomic E-state index is 12.2. The van der Waals surface area contributed by atoms with Crippen LogP contribution in [0.1, 0.15) is 43.8 Å². The van der Waals surface area contributed by atoms with Gasteiger partial charge in [0.2, 0.25) is 0 Å². The van der Waals surface area contributed by atoms with Crippen molar-refractivity contribution < 1.29 is 14.3 Å². The van der Waals surface area contributed by atoms with Gasteiger partial charge in [0.05, 0.1) is 5.56 Å². The van der Waals surface area contributed by atoms with Gasteiger partial charge in [0.15, 0.2) is 12.4 Å². The summed E-state index contributed by atoms with van der Waals surface area (Å²) in [6.07, 6.45) is 3.27. The van der Waals surface area contributed by atoms with Crippen LogP contribution in [-0.2, 0) is 17.6 Å². The Morgan fingerprint density at radius 1 is 0.955 bits per heavy atom. The summed E-state index contributed by atoms with van der Waals surface area (Å²) in [6, 6.07) is 12.9. The molecule has 0 heterocycles. The van der Waals surface area contributed by atoms with E-state index in [-0.39, 0.29) is 12.4 Å². The van der Waals surface area contributed by atoms with Gasteiger partial charge in [-0.3, -0.25) is 4.79 Å². The summed E-state index contributed by atoms with van der Waals surface area (Å²) in [7, 11) is 0. The van der Waals surface area contributed by atoms with Crippen LogP contribution in [0.25, 0.3) is 0 Å². The van der Waals surface area contributed by atoms with E-state index in [0.717, 1.165) is 24.8 Å². The Bertz CT molecular complexity index is 714. The molecular weight excluding hydrogens is 276 g/mol. The normalized spacial score (nSPS) is 12.8. The fourth-order valence-corrected chi connectivity index (χ4v) is 2.73. The minimum Gasteiger partial charge on any atom is -0.454 e. The zero-order chi connectivity index (χ0) is 15.5. The van der Waals surface area contributed by atoms with Crippen molar-refractivity contribution in [1.29, 1.82) is 0 Å². The molecule has 0 unspecified atom stereocenters. The standard InChI is InChI=1S/C19H18O3/c1-13-5-7-15(8-6-13)19(21)22-12-18(20)17-10-9-14-3-2-4-16(14)11-17/h5-11H,2-4,12H2,1H3. The minimum absolute atomic E-state index is 0.157. The summed E-state index contributed by atoms with van der Waals surface area (Å²) in [5.41, 5.74) is 4.74. The van der Waals surface area contributed by atoms with Gasteiger partial charge in [-0.25, -0.2) is 4.79 Å². The van der Waals surface area contributed by atoms with Crippen molar-refractivity contribution in [2.75, 3.05) is 6.61 Å². The number of hydrogen-bond acceptors (Lipinski definition) is 3. The van der Waals surface area contributed by atoms with E-state index in [4.69, 9.17) is 4.74 Å². The number of benzene rings is 2. The molecule has 2 aromatic rings. The molecular formula is C19H18O3. The number of carbonyl (C=O) groups is 2. The average molecular weight is 294 g/mol. The number of fused-ring (bicyclic) bond motifs is 1. The molecule has 2 aromatic carbocycles. The van der Waals surface area contributed by atoms with Gasteiger partial charge in [0.1, 0.15) is 0 Å². The maximum Gasteiger partial charge on any atom is 0.338 e. The monoisotopic (exact) mass is 294 g/mol. The van der Waals surface area contributed by atoms with Crippen LogP contribution < -0.4 is 0 Å². The molecule has 0 bridgehead atoms. The molecule has 22 heavy (non-hydrogen) atoms. The molecule has 0 fully saturated rings. The van der Waals surface area contributed by atoms with Crippen LogP contribution in [0.3, 0.4) is 0 Å². The molecule has 0 saturated carbocycles. The lowest BCUT2D eigenvalue weighted by atomic mass is 10.0. The average Bonchev–Trinajstić information content (AvgIpc) is 3.00. The predicted molar refractivity (Wildman–Crippen MR) is 84.3 cm³/mol. The van der Waals surface area contributed by atoms with Gasteiger partial charge in [0, 0.05) is 5.56 Å². The molecule has 112 valence electrons. The van der Waals surface area contributed by atoms with E-state index < -0.39 is 5.97 Å². The summed E-state index contributed by atoms with van der Waals surface area (Å²) in [5, 5.41) is 0. The third-order valence-electron chi connectivity index (χ3n) is 4.04. The fraction of sp³-hybridized carbons (Fsp3) is 0.263. The van der Waals surface area contributed by atoms with Crippen LogP contribution in [0.2, 0.25) is 0 Å². The first-order valence-corrected chi connectivity index (χ1v) is 7.52. The fourth-order valence-electron chi connectivity index (χ4n) is 2.73. The molecule has 0 aromatic heterocycles. The van der Waals surface area contributed by atoms with E-state index in [1.807, 2.05) is 37.3 Å². The third-order valence-corrected chi connectivity index (χ3v) is 4.04. The van der Waals surface area contributed by atoms with E-state index in [2.05, 4.69) is 0 Å². The Morgan fingerprint density at radius 3 is 2.41 bits per heavy atom. The molecule has 0 N–H and O–H groups in total. The Kier molecular flexibility index (Phi) is 4.05. The van der Waals surface area contributed by atoms with Gasteiger partial charge >= 0.3 is 5.97 Å². The number of aryl methyl sites for hydroxylation is 3. The summed E-state index contributed by atoms with van der Waals surface area (Å²) < 4.78 is 5.12. The molecule has 1 aliphatic rings. The molecule has 3 nitrogen and oxygen atoms in total. The second-order valence-electron chi connectivity index (χ2n) is 5.70. The molecule has 3 heteroatoms. The molecule has 0 radical (unpaired) electrons. The Balaban J connectivity index is 1.62. The summed E-state index contributed by atoms with van der Waals surface area (Å²) in [4.78, 5) is 24.1. The van der Waals surface area contributed by atoms with E-state index in [1.165, 1.54) is 11.1 Å². The van der Waals surface area contributed by atoms with Crippen LogP contribution >= 0.6 is 0 Å². The summed E-state index contributed by atoms with van der Waals surface area (Å²) in [6.45, 7) is 1.73. The molecule has 0 saturated heterocycles. The number of carbonyl (C=O) groups excluding carboxylic acids is 2. The summed E-state index contributed by atoms with van der Waals surface area (Å²) in [5.74, 6) is -0.621. The Hall–Kier alpha value is -2.42. The lowest BCUT2D eigenvalue weighted by Gasteiger charge is -2.06. The van der Waals surface area contributed by atoms with Crippen molar-refractivity contribution in [1.82, 2.24) is 0 Å². The molecule has 1 aliphatic carbocycles. The highest BCUT2D eigenvalue weighted by atomic mass is 16.5. The molecule has 0 aliphatic heterocycles. The molecule has 0 amide bonds. The first kappa shape index (κ1) is 14.5. The Morgan fingerprint density at radius 2 is 1.64 bits per heavy atom. The van der Waals surface area contributed by atoms with Crippen LogP contribution in [0, 0.1) is 6.92 Å². The SMILES string of the molecule is Cc1ccc(C(=O)OCC(=O)c2ccc3c(c2)CCC3)cc1. The quantitative estimate of drug-likeness (QED) is 0.640. The van der Waals surface area contributed by atoms with Gasteiger partial charge < -0.3 is 4.74 Å². The van der Waals surface area contributed by atoms with Gasteiger partial charge in [-0.1, -0.05) is 29.8 Å². The second kappa shape index (κ2) is 6.14. The van der Waals surface area contributed by atoms with Gasteiger partial charge in [-0.05, 0) is 55.5 Å². The highest BCUT2D eigenvalue weighted by molar-refractivity contribution is 5.99. The number of Topliss-reactive ketones (excluding diaryl/α,β-unsaturated/α-hetero) is 1. The highest BCUT2D eigenvalue weighted by Crippen LogP contribution is 2.23. The lowest BCUT2D eigenvalue weighted by molar-refractivity contribution is 0.0474. The van der Waals surface area contributed by atoms with Crippen LogP contribution in [0.15, 0.2) is 42.5 Å². The van der Waals surface area contributed by atoms with Crippen molar-refractivity contribution in [3.63, 3.8) is 0 Å². The van der Waals surface area contributed by atoms with Crippen LogP contribution in [0.5, 0.6) is 0 Å². The lowest BCUT2D eigenvalue weighted by Crippen LogP contribution is -2.14. The second-order valence-corrected chi connectivity index (χ2v) is 5.70. The van der Waals surface area contributed by atoms with Gasteiger partial charge in [-0.2, -0.15) is 0 Å². The van der Waals surface area contributed by atoms with E-state index in [0.29, 0.717) is 11.1 Å². The van der Waals surface area contributed by atoms with Crippen molar-refractivity contribution >= 4 is 11.8 Å². The zero-order valence-corrected chi connectivity index (χ0v) is 12.6. The van der Waals surface area contributed by atoms with Crippen molar-refractivity contribution in [2.45, 2.75) is 26.2 Å². The molecule has 0 atom stereocenters. The van der Waals surface area contributed by atoms with E-state index >= 15 is 0 Å². The van der Waals surface area contributed by atoms with Crippen molar-refractivity contribution in [3.05, 3.63) is 70.3 Å². The first-order valence-electron chi connectivity index (χ1n) is 7.52. The van der Waals surface area contributed by atoms with Crippen LogP contribution in [-0.4, -0.2) is 18.4 Å². The highest BCUT2D eigenvalue weighted by Gasteiger charge is 2.15. The number of rotatable bonds is 4. The molecule has 0 spiro atoms.